The number of hydrogen-bond acceptors (Lipinski definition) is 4. The minimum Gasteiger partial charge on any atom is -0.360 e. The fourth-order valence-electron chi connectivity index (χ4n) is 1.32. The van der Waals surface area contributed by atoms with Crippen LogP contribution in [0, 0.1) is 9.62 Å². The Balaban J connectivity index is 1.86. The van der Waals surface area contributed by atoms with Crippen LogP contribution >= 0.6 is 45.5 Å². The minimum absolute atomic E-state index is 0.531. The molecular formula is C8H8ClIN4S. The van der Waals surface area contributed by atoms with E-state index in [2.05, 4.69) is 38.0 Å². The molecule has 15 heavy (non-hydrogen) atoms. The Labute approximate surface area is 109 Å². The fourth-order valence-corrected chi connectivity index (χ4v) is 2.96. The van der Waals surface area contributed by atoms with E-state index in [-0.39, 0.29) is 0 Å². The average molecular weight is 355 g/mol. The number of fused-ring (bicyclic) bond motifs is 1. The second-order valence-corrected chi connectivity index (χ2v) is 5.96. The first-order valence-electron chi connectivity index (χ1n) is 4.68. The molecule has 0 aromatic carbocycles. The summed E-state index contributed by atoms with van der Waals surface area (Å²) < 4.78 is 2.66. The molecule has 80 valence electrons. The van der Waals surface area contributed by atoms with Gasteiger partial charge in [0.05, 0.1) is 0 Å². The van der Waals surface area contributed by atoms with Crippen LogP contribution in [0.2, 0.25) is 5.15 Å². The van der Waals surface area contributed by atoms with Gasteiger partial charge < -0.3 is 5.32 Å². The highest BCUT2D eigenvalue weighted by Gasteiger charge is 2.21. The van der Waals surface area contributed by atoms with Gasteiger partial charge in [0.15, 0.2) is 5.15 Å². The summed E-state index contributed by atoms with van der Waals surface area (Å²) in [4.78, 5) is 5.06. The summed E-state index contributed by atoms with van der Waals surface area (Å²) in [7, 11) is 0. The van der Waals surface area contributed by atoms with Gasteiger partial charge in [-0.05, 0) is 41.4 Å². The predicted molar refractivity (Wildman–Crippen MR) is 69.8 cm³/mol. The highest BCUT2D eigenvalue weighted by Crippen LogP contribution is 2.30. The number of hydrogen-bond donors (Lipinski definition) is 1. The standard InChI is InChI=1S/C8H8ClIN4S/c9-5-6(10)14-8(12-5)15-7(13-14)11-3-4-1-2-4/h4H,1-3H2,(H,11,13). The molecule has 1 N–H and O–H groups in total. The first-order chi connectivity index (χ1) is 7.24. The van der Waals surface area contributed by atoms with Gasteiger partial charge in [-0.25, -0.2) is 4.98 Å². The highest BCUT2D eigenvalue weighted by atomic mass is 127. The monoisotopic (exact) mass is 354 g/mol. The molecule has 0 bridgehead atoms. The Bertz CT molecular complexity index is 504. The zero-order chi connectivity index (χ0) is 10.4. The van der Waals surface area contributed by atoms with E-state index >= 15 is 0 Å². The van der Waals surface area contributed by atoms with Gasteiger partial charge >= 0.3 is 0 Å². The lowest BCUT2D eigenvalue weighted by molar-refractivity contribution is 0.871. The molecule has 0 unspecified atom stereocenters. The number of halogens is 2. The van der Waals surface area contributed by atoms with Crippen LogP contribution in [0.3, 0.4) is 0 Å². The normalized spacial score (nSPS) is 16.1. The van der Waals surface area contributed by atoms with Crippen molar-refractivity contribution in [2.24, 2.45) is 5.92 Å². The van der Waals surface area contributed by atoms with Gasteiger partial charge in [0, 0.05) is 6.54 Å². The van der Waals surface area contributed by atoms with Crippen molar-refractivity contribution in [3.8, 4) is 0 Å². The van der Waals surface area contributed by atoms with Crippen molar-refractivity contribution in [1.82, 2.24) is 14.6 Å². The zero-order valence-corrected chi connectivity index (χ0v) is 11.4. The van der Waals surface area contributed by atoms with E-state index in [0.717, 1.165) is 26.3 Å². The molecule has 1 saturated carbocycles. The Hall–Kier alpha value is -0.0800. The van der Waals surface area contributed by atoms with Crippen molar-refractivity contribution in [3.63, 3.8) is 0 Å². The third kappa shape index (κ3) is 1.94. The molecule has 0 atom stereocenters. The van der Waals surface area contributed by atoms with Crippen molar-refractivity contribution < 1.29 is 0 Å². The Morgan fingerprint density at radius 1 is 1.60 bits per heavy atom. The minimum atomic E-state index is 0.531. The first-order valence-corrected chi connectivity index (χ1v) is 6.96. The maximum absolute atomic E-state index is 5.89. The van der Waals surface area contributed by atoms with Crippen LogP contribution in [-0.2, 0) is 0 Å². The van der Waals surface area contributed by atoms with E-state index in [4.69, 9.17) is 11.6 Å². The summed E-state index contributed by atoms with van der Waals surface area (Å²) >= 11 is 9.58. The van der Waals surface area contributed by atoms with Gasteiger partial charge in [0.25, 0.3) is 0 Å². The second kappa shape index (κ2) is 3.74. The van der Waals surface area contributed by atoms with Gasteiger partial charge in [0.1, 0.15) is 3.70 Å². The molecule has 1 aliphatic carbocycles. The van der Waals surface area contributed by atoms with E-state index in [9.17, 15) is 0 Å². The molecule has 0 aliphatic heterocycles. The number of imidazole rings is 1. The molecule has 0 amide bonds. The molecule has 0 spiro atoms. The lowest BCUT2D eigenvalue weighted by Crippen LogP contribution is -2.03. The van der Waals surface area contributed by atoms with E-state index in [1.54, 1.807) is 15.9 Å². The van der Waals surface area contributed by atoms with Crippen LogP contribution in [0.1, 0.15) is 12.8 Å². The lowest BCUT2D eigenvalue weighted by atomic mass is 10.4. The van der Waals surface area contributed by atoms with Crippen LogP contribution in [0.15, 0.2) is 0 Å². The fraction of sp³-hybridized carbons (Fsp3) is 0.500. The van der Waals surface area contributed by atoms with Crippen molar-refractivity contribution >= 4 is 55.6 Å². The van der Waals surface area contributed by atoms with Crippen molar-refractivity contribution in [1.29, 1.82) is 0 Å². The second-order valence-electron chi connectivity index (χ2n) is 3.62. The van der Waals surface area contributed by atoms with Crippen molar-refractivity contribution in [2.75, 3.05) is 11.9 Å². The molecular weight excluding hydrogens is 347 g/mol. The first kappa shape index (κ1) is 10.1. The number of aromatic nitrogens is 3. The summed E-state index contributed by atoms with van der Waals surface area (Å²) in [5, 5.41) is 9.19. The molecule has 2 aromatic rings. The molecule has 7 heteroatoms. The Kier molecular flexibility index (Phi) is 2.52. The third-order valence-corrected chi connectivity index (χ3v) is 4.77. The Morgan fingerprint density at radius 3 is 3.07 bits per heavy atom. The topological polar surface area (TPSA) is 42.2 Å². The molecule has 0 saturated heterocycles. The maximum atomic E-state index is 5.89. The predicted octanol–water partition coefficient (Wildman–Crippen LogP) is 2.87. The quantitative estimate of drug-likeness (QED) is 0.862. The highest BCUT2D eigenvalue weighted by molar-refractivity contribution is 14.1. The average Bonchev–Trinajstić information content (AvgIpc) is 2.90. The van der Waals surface area contributed by atoms with Crippen LogP contribution in [-0.4, -0.2) is 21.1 Å². The summed E-state index contributed by atoms with van der Waals surface area (Å²) in [5.74, 6) is 0.851. The molecule has 2 heterocycles. The third-order valence-electron chi connectivity index (χ3n) is 2.35. The van der Waals surface area contributed by atoms with Crippen LogP contribution in [0.4, 0.5) is 5.13 Å². The zero-order valence-electron chi connectivity index (χ0n) is 7.70. The molecule has 4 nitrogen and oxygen atoms in total. The van der Waals surface area contributed by atoms with E-state index < -0.39 is 0 Å². The van der Waals surface area contributed by atoms with Gasteiger partial charge in [-0.1, -0.05) is 22.9 Å². The smallest absolute Gasteiger partial charge is 0.216 e. The van der Waals surface area contributed by atoms with E-state index in [1.165, 1.54) is 12.8 Å². The maximum Gasteiger partial charge on any atom is 0.216 e. The van der Waals surface area contributed by atoms with Crippen molar-refractivity contribution in [2.45, 2.75) is 12.8 Å². The summed E-state index contributed by atoms with van der Waals surface area (Å²) in [6.07, 6.45) is 2.69. The van der Waals surface area contributed by atoms with Crippen LogP contribution in [0.5, 0.6) is 0 Å². The number of nitrogens with one attached hydrogen (secondary N) is 1. The van der Waals surface area contributed by atoms with Crippen LogP contribution < -0.4 is 5.32 Å². The van der Waals surface area contributed by atoms with E-state index in [0.29, 0.717) is 5.15 Å². The van der Waals surface area contributed by atoms with Gasteiger partial charge in [-0.3, -0.25) is 0 Å². The number of rotatable bonds is 3. The molecule has 2 aromatic heterocycles. The molecule has 1 fully saturated rings. The van der Waals surface area contributed by atoms with E-state index in [1.807, 2.05) is 0 Å². The van der Waals surface area contributed by atoms with Crippen LogP contribution in [0.25, 0.3) is 4.96 Å². The largest absolute Gasteiger partial charge is 0.360 e. The van der Waals surface area contributed by atoms with Gasteiger partial charge in [-0.2, -0.15) is 4.52 Å². The lowest BCUT2D eigenvalue weighted by Gasteiger charge is -1.97. The van der Waals surface area contributed by atoms with Gasteiger partial charge in [-0.15, -0.1) is 5.10 Å². The molecule has 3 rings (SSSR count). The molecule has 1 aliphatic rings. The van der Waals surface area contributed by atoms with Crippen molar-refractivity contribution in [3.05, 3.63) is 8.85 Å². The van der Waals surface area contributed by atoms with Gasteiger partial charge in [0.2, 0.25) is 10.1 Å². The number of anilines is 1. The summed E-state index contributed by atoms with van der Waals surface area (Å²) in [6, 6.07) is 0. The Morgan fingerprint density at radius 2 is 2.40 bits per heavy atom. The SMILES string of the molecule is Clc1nc2sc(NCC3CC3)nn2c1I. The summed E-state index contributed by atoms with van der Waals surface area (Å²) in [5.41, 5.74) is 0. The number of nitrogens with zero attached hydrogens (tertiary/aromatic N) is 3. The summed E-state index contributed by atoms with van der Waals surface area (Å²) in [6.45, 7) is 1.03. The molecule has 0 radical (unpaired) electrons.